The summed E-state index contributed by atoms with van der Waals surface area (Å²) in [5.74, 6) is -2.75. The highest BCUT2D eigenvalue weighted by Gasteiger charge is 2.41. The fraction of sp³-hybridized carbons (Fsp3) is 0.250. The first-order valence-corrected chi connectivity index (χ1v) is 8.62. The van der Waals surface area contributed by atoms with Gasteiger partial charge in [0.15, 0.2) is 17.1 Å². The number of quaternary nitrogens is 1. The molecule has 9 heteroatoms. The van der Waals surface area contributed by atoms with Gasteiger partial charge < -0.3 is 23.9 Å². The number of hydrogen-bond acceptors (Lipinski definition) is 5. The fourth-order valence-corrected chi connectivity index (χ4v) is 2.90. The van der Waals surface area contributed by atoms with E-state index in [0.717, 1.165) is 4.90 Å². The van der Waals surface area contributed by atoms with Crippen LogP contribution in [0.5, 0.6) is 23.0 Å². The fourth-order valence-electron chi connectivity index (χ4n) is 2.90. The van der Waals surface area contributed by atoms with Gasteiger partial charge in [-0.25, -0.2) is 0 Å². The molecule has 3 aromatic rings. The third-order valence-electron chi connectivity index (χ3n) is 4.17. The molecule has 29 heavy (non-hydrogen) atoms. The number of fused-ring (bicyclic) bond motifs is 1. The second kappa shape index (κ2) is 7.67. The van der Waals surface area contributed by atoms with E-state index in [0.29, 0.717) is 0 Å². The summed E-state index contributed by atoms with van der Waals surface area (Å²) >= 11 is 0. The maximum Gasteiger partial charge on any atom is 0.453 e. The molecule has 3 rings (SSSR count). The van der Waals surface area contributed by atoms with Crippen LogP contribution in [0, 0.1) is 0 Å². The molecule has 0 radical (unpaired) electrons. The van der Waals surface area contributed by atoms with Crippen LogP contribution < -0.4 is 19.8 Å². The molecule has 0 unspecified atom stereocenters. The van der Waals surface area contributed by atoms with E-state index in [2.05, 4.69) is 0 Å². The zero-order chi connectivity index (χ0) is 21.3. The molecule has 0 aliphatic rings. The number of aromatic hydroxyl groups is 1. The van der Waals surface area contributed by atoms with E-state index in [9.17, 15) is 23.1 Å². The number of hydrogen-bond donors (Lipinski definition) is 2. The molecule has 0 saturated carbocycles. The quantitative estimate of drug-likeness (QED) is 0.677. The van der Waals surface area contributed by atoms with Gasteiger partial charge in [-0.1, -0.05) is 12.1 Å². The Kier molecular flexibility index (Phi) is 5.43. The molecule has 0 amide bonds. The van der Waals surface area contributed by atoms with Crippen molar-refractivity contribution in [3.05, 3.63) is 57.9 Å². The average molecular weight is 410 g/mol. The first-order valence-electron chi connectivity index (χ1n) is 8.62. The Bertz CT molecular complexity index is 1110. The Morgan fingerprint density at radius 3 is 2.34 bits per heavy atom. The van der Waals surface area contributed by atoms with E-state index in [1.54, 1.807) is 20.2 Å². The Labute approximate surface area is 163 Å². The monoisotopic (exact) mass is 410 g/mol. The molecule has 0 spiro atoms. The lowest BCUT2D eigenvalue weighted by molar-refractivity contribution is -0.872. The van der Waals surface area contributed by atoms with Gasteiger partial charge in [0, 0.05) is 0 Å². The Balaban J connectivity index is 2.31. The highest BCUT2D eigenvalue weighted by Crippen LogP contribution is 2.41. The van der Waals surface area contributed by atoms with Crippen LogP contribution in [-0.2, 0) is 12.7 Å². The standard InChI is InChI=1S/C20H18F3NO5/c1-24(2)10-12-13(25)9-8-11-16(26)18(19(20(21,22)23)29-17(11)12)28-15-7-5-4-6-14(15)27-3/h4-9,25H,10H2,1-3H3/p+1. The molecule has 1 heterocycles. The van der Waals surface area contributed by atoms with Gasteiger partial charge in [0.25, 0.3) is 5.76 Å². The van der Waals surface area contributed by atoms with Crippen LogP contribution in [0.2, 0.25) is 0 Å². The van der Waals surface area contributed by atoms with Gasteiger partial charge >= 0.3 is 6.18 Å². The van der Waals surface area contributed by atoms with Crippen LogP contribution in [0.4, 0.5) is 13.2 Å². The predicted octanol–water partition coefficient (Wildman–Crippen LogP) is 2.96. The molecule has 0 saturated heterocycles. The van der Waals surface area contributed by atoms with E-state index in [-0.39, 0.29) is 40.3 Å². The molecular formula is C20H19F3NO5+. The maximum absolute atomic E-state index is 13.7. The van der Waals surface area contributed by atoms with Gasteiger partial charge in [0.05, 0.1) is 32.2 Å². The van der Waals surface area contributed by atoms with Crippen molar-refractivity contribution in [1.29, 1.82) is 0 Å². The summed E-state index contributed by atoms with van der Waals surface area (Å²) in [7, 11) is 4.83. The molecule has 154 valence electrons. The van der Waals surface area contributed by atoms with Crippen LogP contribution in [0.25, 0.3) is 11.0 Å². The number of methoxy groups -OCH3 is 1. The summed E-state index contributed by atoms with van der Waals surface area (Å²) in [6.07, 6.45) is -5.00. The molecule has 0 bridgehead atoms. The molecule has 2 aromatic carbocycles. The first kappa shape index (κ1) is 20.5. The topological polar surface area (TPSA) is 73.3 Å². The van der Waals surface area contributed by atoms with Crippen molar-refractivity contribution in [1.82, 2.24) is 0 Å². The maximum atomic E-state index is 13.7. The van der Waals surface area contributed by atoms with E-state index in [1.165, 1.54) is 37.4 Å². The molecular weight excluding hydrogens is 391 g/mol. The Hall–Kier alpha value is -3.20. The van der Waals surface area contributed by atoms with Crippen molar-refractivity contribution in [3.63, 3.8) is 0 Å². The van der Waals surface area contributed by atoms with E-state index in [4.69, 9.17) is 13.9 Å². The molecule has 1 aromatic heterocycles. The second-order valence-electron chi connectivity index (χ2n) is 6.66. The van der Waals surface area contributed by atoms with Gasteiger partial charge in [-0.3, -0.25) is 4.79 Å². The lowest BCUT2D eigenvalue weighted by Gasteiger charge is -2.16. The predicted molar refractivity (Wildman–Crippen MR) is 98.7 cm³/mol. The first-order chi connectivity index (χ1) is 13.6. The largest absolute Gasteiger partial charge is 0.507 e. The van der Waals surface area contributed by atoms with Crippen molar-refractivity contribution in [2.75, 3.05) is 21.2 Å². The van der Waals surface area contributed by atoms with Crippen LogP contribution in [-0.4, -0.2) is 26.3 Å². The number of alkyl halides is 3. The van der Waals surface area contributed by atoms with Crippen LogP contribution >= 0.6 is 0 Å². The number of nitrogens with one attached hydrogen (secondary N) is 1. The van der Waals surface area contributed by atoms with Gasteiger partial charge in [-0.2, -0.15) is 13.2 Å². The summed E-state index contributed by atoms with van der Waals surface area (Å²) in [5.41, 5.74) is -1.22. The zero-order valence-corrected chi connectivity index (χ0v) is 15.9. The van der Waals surface area contributed by atoms with Crippen molar-refractivity contribution in [2.45, 2.75) is 12.7 Å². The summed E-state index contributed by atoms with van der Waals surface area (Å²) in [6.45, 7) is 0.149. The van der Waals surface area contributed by atoms with Gasteiger partial charge in [-0.05, 0) is 24.3 Å². The molecule has 0 fully saturated rings. The van der Waals surface area contributed by atoms with Gasteiger partial charge in [0.2, 0.25) is 11.2 Å². The minimum absolute atomic E-state index is 0.0658. The highest BCUT2D eigenvalue weighted by atomic mass is 19.4. The summed E-state index contributed by atoms with van der Waals surface area (Å²) in [6, 6.07) is 8.46. The Morgan fingerprint density at radius 2 is 1.76 bits per heavy atom. The molecule has 6 nitrogen and oxygen atoms in total. The number of benzene rings is 2. The number of rotatable bonds is 5. The van der Waals surface area contributed by atoms with E-state index >= 15 is 0 Å². The number of phenols is 1. The molecule has 0 aliphatic carbocycles. The van der Waals surface area contributed by atoms with Crippen molar-refractivity contribution in [3.8, 4) is 23.0 Å². The van der Waals surface area contributed by atoms with E-state index in [1.807, 2.05) is 0 Å². The van der Waals surface area contributed by atoms with Crippen LogP contribution in [0.15, 0.2) is 45.6 Å². The smallest absolute Gasteiger partial charge is 0.453 e. The third-order valence-corrected chi connectivity index (χ3v) is 4.17. The van der Waals surface area contributed by atoms with Crippen LogP contribution in [0.1, 0.15) is 11.3 Å². The van der Waals surface area contributed by atoms with Gasteiger partial charge in [0.1, 0.15) is 12.3 Å². The SMILES string of the molecule is COc1ccccc1Oc1c(C(F)(F)F)oc2c(C[NH+](C)C)c(O)ccc2c1=O. The normalized spacial score (nSPS) is 11.8. The molecule has 0 aliphatic heterocycles. The van der Waals surface area contributed by atoms with Crippen molar-refractivity contribution in [2.24, 2.45) is 0 Å². The van der Waals surface area contributed by atoms with Crippen LogP contribution in [0.3, 0.4) is 0 Å². The number of phenolic OH excluding ortho intramolecular Hbond substituents is 1. The molecule has 2 N–H and O–H groups in total. The highest BCUT2D eigenvalue weighted by molar-refractivity contribution is 5.83. The zero-order valence-electron chi connectivity index (χ0n) is 15.9. The van der Waals surface area contributed by atoms with E-state index < -0.39 is 23.1 Å². The summed E-state index contributed by atoms with van der Waals surface area (Å²) in [4.78, 5) is 13.8. The number of ether oxygens (including phenoxy) is 2. The van der Waals surface area contributed by atoms with Gasteiger partial charge in [-0.15, -0.1) is 0 Å². The summed E-state index contributed by atoms with van der Waals surface area (Å²) in [5, 5.41) is 9.98. The second-order valence-corrected chi connectivity index (χ2v) is 6.66. The lowest BCUT2D eigenvalue weighted by atomic mass is 10.1. The minimum atomic E-state index is -5.00. The molecule has 0 atom stereocenters. The van der Waals surface area contributed by atoms with Crippen molar-refractivity contribution < 1.29 is 37.1 Å². The minimum Gasteiger partial charge on any atom is -0.507 e. The average Bonchev–Trinajstić information content (AvgIpc) is 2.65. The summed E-state index contributed by atoms with van der Waals surface area (Å²) < 4.78 is 56.7. The Morgan fingerprint density at radius 1 is 1.10 bits per heavy atom. The number of para-hydroxylation sites is 2. The lowest BCUT2D eigenvalue weighted by Crippen LogP contribution is -3.04. The third kappa shape index (κ3) is 4.00. The number of halogens is 3. The van der Waals surface area contributed by atoms with Crippen molar-refractivity contribution >= 4 is 11.0 Å².